The van der Waals surface area contributed by atoms with Crippen molar-refractivity contribution in [2.24, 2.45) is 0 Å². The Balaban J connectivity index is 1.58. The first-order valence-corrected chi connectivity index (χ1v) is 7.32. The van der Waals surface area contributed by atoms with E-state index in [1.807, 2.05) is 6.07 Å². The normalized spacial score (nSPS) is 15.8. The minimum atomic E-state index is -0.125. The third kappa shape index (κ3) is 5.07. The van der Waals surface area contributed by atoms with E-state index in [1.165, 1.54) is 19.3 Å². The summed E-state index contributed by atoms with van der Waals surface area (Å²) >= 11 is 0. The molecule has 0 bridgehead atoms. The van der Waals surface area contributed by atoms with E-state index in [2.05, 4.69) is 10.6 Å². The quantitative estimate of drug-likeness (QED) is 0.833. The Hall–Kier alpha value is -1.78. The van der Waals surface area contributed by atoms with Gasteiger partial charge in [0.25, 0.3) is 0 Å². The highest BCUT2D eigenvalue weighted by Crippen LogP contribution is 2.17. The van der Waals surface area contributed by atoms with Gasteiger partial charge in [0.1, 0.15) is 5.76 Å². The third-order valence-electron chi connectivity index (χ3n) is 3.59. The monoisotopic (exact) mass is 278 g/mol. The lowest BCUT2D eigenvalue weighted by molar-refractivity contribution is -0.126. The average Bonchev–Trinajstić information content (AvgIpc) is 2.97. The summed E-state index contributed by atoms with van der Waals surface area (Å²) in [4.78, 5) is 23.3. The number of hydrogen-bond donors (Lipinski definition) is 2. The van der Waals surface area contributed by atoms with Gasteiger partial charge in [0.15, 0.2) is 0 Å². The Kier molecular flexibility index (Phi) is 5.65. The summed E-state index contributed by atoms with van der Waals surface area (Å²) in [5.74, 6) is 0.565. The number of nitrogens with one attached hydrogen (secondary N) is 2. The fourth-order valence-electron chi connectivity index (χ4n) is 2.48. The summed E-state index contributed by atoms with van der Waals surface area (Å²) in [6.07, 6.45) is 8.21. The average molecular weight is 278 g/mol. The zero-order chi connectivity index (χ0) is 14.2. The maximum Gasteiger partial charge on any atom is 0.239 e. The van der Waals surface area contributed by atoms with Crippen LogP contribution in [0.5, 0.6) is 0 Å². The summed E-state index contributed by atoms with van der Waals surface area (Å²) in [5, 5.41) is 5.61. The highest BCUT2D eigenvalue weighted by Gasteiger charge is 2.15. The van der Waals surface area contributed by atoms with Gasteiger partial charge in [-0.2, -0.15) is 0 Å². The van der Waals surface area contributed by atoms with Crippen molar-refractivity contribution in [3.05, 3.63) is 24.2 Å². The standard InChI is InChI=1S/C15H22N2O3/c18-14(9-8-13-7-4-10-20-13)16-11-15(19)17-12-5-2-1-3-6-12/h4,7,10,12H,1-3,5-6,8-9,11H2,(H,16,18)(H,17,19). The predicted molar refractivity (Wildman–Crippen MR) is 75.1 cm³/mol. The number of aryl methyl sites for hydroxylation is 1. The van der Waals surface area contributed by atoms with E-state index in [0.717, 1.165) is 18.6 Å². The largest absolute Gasteiger partial charge is 0.469 e. The zero-order valence-corrected chi connectivity index (χ0v) is 11.7. The number of amides is 2. The molecule has 1 heterocycles. The second-order valence-electron chi connectivity index (χ2n) is 5.26. The van der Waals surface area contributed by atoms with Crippen molar-refractivity contribution in [3.63, 3.8) is 0 Å². The Morgan fingerprint density at radius 3 is 2.70 bits per heavy atom. The Morgan fingerprint density at radius 1 is 1.20 bits per heavy atom. The lowest BCUT2D eigenvalue weighted by Crippen LogP contribution is -2.42. The van der Waals surface area contributed by atoms with Crippen LogP contribution in [0.4, 0.5) is 0 Å². The second-order valence-corrected chi connectivity index (χ2v) is 5.26. The molecular formula is C15H22N2O3. The molecule has 1 aliphatic rings. The highest BCUT2D eigenvalue weighted by atomic mass is 16.3. The van der Waals surface area contributed by atoms with E-state index in [0.29, 0.717) is 12.8 Å². The molecule has 110 valence electrons. The molecule has 1 aliphatic carbocycles. The molecule has 0 spiro atoms. The van der Waals surface area contributed by atoms with E-state index in [9.17, 15) is 9.59 Å². The van der Waals surface area contributed by atoms with Crippen LogP contribution in [0.25, 0.3) is 0 Å². The summed E-state index contributed by atoms with van der Waals surface area (Å²) in [6.45, 7) is 0.0630. The van der Waals surface area contributed by atoms with Gasteiger partial charge >= 0.3 is 0 Å². The van der Waals surface area contributed by atoms with Gasteiger partial charge in [0.05, 0.1) is 12.8 Å². The fourth-order valence-corrected chi connectivity index (χ4v) is 2.48. The molecule has 1 aromatic heterocycles. The molecule has 0 saturated heterocycles. The zero-order valence-electron chi connectivity index (χ0n) is 11.7. The van der Waals surface area contributed by atoms with Crippen LogP contribution in [0.3, 0.4) is 0 Å². The number of carbonyl (C=O) groups is 2. The lowest BCUT2D eigenvalue weighted by Gasteiger charge is -2.22. The van der Waals surface area contributed by atoms with E-state index in [4.69, 9.17) is 4.42 Å². The first kappa shape index (κ1) is 14.6. The van der Waals surface area contributed by atoms with Gasteiger partial charge in [-0.1, -0.05) is 19.3 Å². The Labute approximate surface area is 119 Å². The van der Waals surface area contributed by atoms with Gasteiger partial charge in [0.2, 0.25) is 11.8 Å². The summed E-state index contributed by atoms with van der Waals surface area (Å²) in [7, 11) is 0. The first-order chi connectivity index (χ1) is 9.74. The highest BCUT2D eigenvalue weighted by molar-refractivity contribution is 5.84. The van der Waals surface area contributed by atoms with Crippen LogP contribution in [0, 0.1) is 0 Å². The van der Waals surface area contributed by atoms with Crippen molar-refractivity contribution >= 4 is 11.8 Å². The smallest absolute Gasteiger partial charge is 0.239 e. The number of carbonyl (C=O) groups excluding carboxylic acids is 2. The maximum absolute atomic E-state index is 11.7. The maximum atomic E-state index is 11.7. The van der Waals surface area contributed by atoms with Crippen LogP contribution in [0.15, 0.2) is 22.8 Å². The van der Waals surface area contributed by atoms with E-state index < -0.39 is 0 Å². The molecule has 2 N–H and O–H groups in total. The molecule has 1 saturated carbocycles. The molecule has 0 aliphatic heterocycles. The molecule has 0 aromatic carbocycles. The van der Waals surface area contributed by atoms with Gasteiger partial charge in [-0.3, -0.25) is 9.59 Å². The van der Waals surface area contributed by atoms with Gasteiger partial charge in [0, 0.05) is 18.9 Å². The molecule has 2 rings (SSSR count). The molecule has 1 aromatic rings. The van der Waals surface area contributed by atoms with Crippen LogP contribution >= 0.6 is 0 Å². The van der Waals surface area contributed by atoms with Crippen molar-refractivity contribution in [2.45, 2.75) is 51.0 Å². The van der Waals surface area contributed by atoms with Gasteiger partial charge < -0.3 is 15.1 Å². The molecular weight excluding hydrogens is 256 g/mol. The van der Waals surface area contributed by atoms with Crippen molar-refractivity contribution < 1.29 is 14.0 Å². The molecule has 5 nitrogen and oxygen atoms in total. The van der Waals surface area contributed by atoms with Crippen LogP contribution < -0.4 is 10.6 Å². The minimum Gasteiger partial charge on any atom is -0.469 e. The minimum absolute atomic E-state index is 0.0630. The summed E-state index contributed by atoms with van der Waals surface area (Å²) < 4.78 is 5.15. The fraction of sp³-hybridized carbons (Fsp3) is 0.600. The summed E-state index contributed by atoms with van der Waals surface area (Å²) in [6, 6.07) is 3.92. The van der Waals surface area contributed by atoms with E-state index in [1.54, 1.807) is 12.3 Å². The number of furan rings is 1. The van der Waals surface area contributed by atoms with Crippen molar-refractivity contribution in [2.75, 3.05) is 6.54 Å². The molecule has 20 heavy (non-hydrogen) atoms. The number of rotatable bonds is 6. The molecule has 2 amide bonds. The molecule has 0 unspecified atom stereocenters. The molecule has 0 radical (unpaired) electrons. The van der Waals surface area contributed by atoms with Gasteiger partial charge in [-0.25, -0.2) is 0 Å². The van der Waals surface area contributed by atoms with Crippen LogP contribution in [0.1, 0.15) is 44.3 Å². The van der Waals surface area contributed by atoms with Crippen molar-refractivity contribution in [1.29, 1.82) is 0 Å². The molecule has 5 heteroatoms. The van der Waals surface area contributed by atoms with E-state index in [-0.39, 0.29) is 24.4 Å². The Morgan fingerprint density at radius 2 is 2.00 bits per heavy atom. The predicted octanol–water partition coefficient (Wildman–Crippen LogP) is 1.78. The summed E-state index contributed by atoms with van der Waals surface area (Å²) in [5.41, 5.74) is 0. The third-order valence-corrected chi connectivity index (χ3v) is 3.59. The second kappa shape index (κ2) is 7.72. The van der Waals surface area contributed by atoms with Gasteiger partial charge in [-0.05, 0) is 25.0 Å². The van der Waals surface area contributed by atoms with Crippen molar-refractivity contribution in [3.8, 4) is 0 Å². The van der Waals surface area contributed by atoms with Crippen molar-refractivity contribution in [1.82, 2.24) is 10.6 Å². The van der Waals surface area contributed by atoms with E-state index >= 15 is 0 Å². The SMILES string of the molecule is O=C(CCc1ccco1)NCC(=O)NC1CCCCC1. The van der Waals surface area contributed by atoms with Crippen LogP contribution in [0.2, 0.25) is 0 Å². The Bertz CT molecular complexity index is 422. The lowest BCUT2D eigenvalue weighted by atomic mass is 9.95. The number of hydrogen-bond acceptors (Lipinski definition) is 3. The molecule has 1 fully saturated rings. The topological polar surface area (TPSA) is 71.3 Å². The molecule has 0 atom stereocenters. The van der Waals surface area contributed by atoms with Crippen LogP contribution in [-0.2, 0) is 16.0 Å². The van der Waals surface area contributed by atoms with Crippen LogP contribution in [-0.4, -0.2) is 24.4 Å². The van der Waals surface area contributed by atoms with Gasteiger partial charge in [-0.15, -0.1) is 0 Å². The first-order valence-electron chi connectivity index (χ1n) is 7.32.